The number of hydrogen-bond acceptors (Lipinski definition) is 2. The molecule has 0 spiro atoms. The van der Waals surface area contributed by atoms with Crippen molar-refractivity contribution in [2.75, 3.05) is 24.5 Å². The van der Waals surface area contributed by atoms with Crippen LogP contribution < -0.4 is 10.2 Å². The fraction of sp³-hybridized carbons (Fsp3) is 0.625. The molecule has 18 heavy (non-hydrogen) atoms. The zero-order chi connectivity index (χ0) is 13.0. The van der Waals surface area contributed by atoms with Crippen molar-refractivity contribution in [3.05, 3.63) is 29.8 Å². The van der Waals surface area contributed by atoms with Crippen LogP contribution in [0.15, 0.2) is 24.3 Å². The molecule has 0 radical (unpaired) electrons. The van der Waals surface area contributed by atoms with Crippen molar-refractivity contribution in [1.29, 1.82) is 0 Å². The summed E-state index contributed by atoms with van der Waals surface area (Å²) in [4.78, 5) is 2.44. The van der Waals surface area contributed by atoms with E-state index in [0.29, 0.717) is 6.04 Å². The van der Waals surface area contributed by atoms with Crippen molar-refractivity contribution >= 4 is 5.69 Å². The van der Waals surface area contributed by atoms with E-state index in [1.807, 2.05) is 0 Å². The smallest absolute Gasteiger partial charge is 0.0369 e. The summed E-state index contributed by atoms with van der Waals surface area (Å²) in [5.74, 6) is 0.944. The lowest BCUT2D eigenvalue weighted by atomic mass is 10.2. The second-order valence-corrected chi connectivity index (χ2v) is 5.50. The summed E-state index contributed by atoms with van der Waals surface area (Å²) in [6.45, 7) is 9.96. The molecule has 0 saturated heterocycles. The van der Waals surface area contributed by atoms with Crippen LogP contribution in [0.4, 0.5) is 5.69 Å². The lowest BCUT2D eigenvalue weighted by molar-refractivity contribution is 0.498. The van der Waals surface area contributed by atoms with E-state index in [2.05, 4.69) is 55.3 Å². The molecule has 1 aromatic carbocycles. The van der Waals surface area contributed by atoms with Gasteiger partial charge in [0.2, 0.25) is 0 Å². The Morgan fingerprint density at radius 2 is 2.17 bits per heavy atom. The SMILES string of the molecule is CCN(CCNC(C)C1CC1)c1cccc(C)c1. The summed E-state index contributed by atoms with van der Waals surface area (Å²) in [6, 6.07) is 9.48. The molecule has 1 aliphatic carbocycles. The Labute approximate surface area is 111 Å². The Bertz CT molecular complexity index is 371. The summed E-state index contributed by atoms with van der Waals surface area (Å²) < 4.78 is 0. The molecule has 0 aliphatic heterocycles. The van der Waals surface area contributed by atoms with E-state index >= 15 is 0 Å². The largest absolute Gasteiger partial charge is 0.371 e. The predicted octanol–water partition coefficient (Wildman–Crippen LogP) is 3.21. The molecule has 1 fully saturated rings. The zero-order valence-corrected chi connectivity index (χ0v) is 11.9. The summed E-state index contributed by atoms with van der Waals surface area (Å²) in [5, 5.41) is 3.65. The molecular formula is C16H26N2. The second-order valence-electron chi connectivity index (χ2n) is 5.50. The Morgan fingerprint density at radius 3 is 2.78 bits per heavy atom. The van der Waals surface area contributed by atoms with E-state index < -0.39 is 0 Å². The average molecular weight is 246 g/mol. The van der Waals surface area contributed by atoms with Gasteiger partial charge in [-0.05, 0) is 57.2 Å². The van der Waals surface area contributed by atoms with E-state index in [4.69, 9.17) is 0 Å². The number of hydrogen-bond donors (Lipinski definition) is 1. The summed E-state index contributed by atoms with van der Waals surface area (Å²) >= 11 is 0. The van der Waals surface area contributed by atoms with Crippen molar-refractivity contribution in [2.24, 2.45) is 5.92 Å². The van der Waals surface area contributed by atoms with Gasteiger partial charge in [0.25, 0.3) is 0 Å². The highest BCUT2D eigenvalue weighted by Gasteiger charge is 2.27. The highest BCUT2D eigenvalue weighted by molar-refractivity contribution is 5.48. The van der Waals surface area contributed by atoms with Crippen LogP contribution in [0.1, 0.15) is 32.3 Å². The van der Waals surface area contributed by atoms with Crippen LogP contribution in [0, 0.1) is 12.8 Å². The normalized spacial score (nSPS) is 16.6. The minimum atomic E-state index is 0.696. The van der Waals surface area contributed by atoms with Crippen LogP contribution in [0.2, 0.25) is 0 Å². The number of likely N-dealkylation sites (N-methyl/N-ethyl adjacent to an activating group) is 1. The van der Waals surface area contributed by atoms with Gasteiger partial charge >= 0.3 is 0 Å². The molecular weight excluding hydrogens is 220 g/mol. The number of benzene rings is 1. The molecule has 1 N–H and O–H groups in total. The minimum Gasteiger partial charge on any atom is -0.371 e. The van der Waals surface area contributed by atoms with E-state index in [1.165, 1.54) is 24.1 Å². The third kappa shape index (κ3) is 3.74. The zero-order valence-electron chi connectivity index (χ0n) is 11.9. The maximum Gasteiger partial charge on any atom is 0.0369 e. The quantitative estimate of drug-likeness (QED) is 0.795. The first-order valence-electron chi connectivity index (χ1n) is 7.25. The lowest BCUT2D eigenvalue weighted by Gasteiger charge is -2.24. The van der Waals surface area contributed by atoms with Crippen molar-refractivity contribution in [3.8, 4) is 0 Å². The molecule has 2 heteroatoms. The highest BCUT2D eigenvalue weighted by atomic mass is 15.1. The molecule has 2 nitrogen and oxygen atoms in total. The Kier molecular flexibility index (Phi) is 4.65. The first-order valence-corrected chi connectivity index (χ1v) is 7.25. The van der Waals surface area contributed by atoms with Gasteiger partial charge in [-0.2, -0.15) is 0 Å². The maximum atomic E-state index is 3.65. The lowest BCUT2D eigenvalue weighted by Crippen LogP contribution is -2.36. The van der Waals surface area contributed by atoms with Gasteiger partial charge in [-0.15, -0.1) is 0 Å². The van der Waals surface area contributed by atoms with Crippen LogP contribution in [0.25, 0.3) is 0 Å². The van der Waals surface area contributed by atoms with Gasteiger partial charge in [-0.25, -0.2) is 0 Å². The number of nitrogens with one attached hydrogen (secondary N) is 1. The third-order valence-electron chi connectivity index (χ3n) is 3.93. The van der Waals surface area contributed by atoms with Crippen LogP contribution in [-0.2, 0) is 0 Å². The van der Waals surface area contributed by atoms with Gasteiger partial charge in [-0.3, -0.25) is 0 Å². The highest BCUT2D eigenvalue weighted by Crippen LogP contribution is 2.32. The molecule has 1 aromatic rings. The van der Waals surface area contributed by atoms with Gasteiger partial charge in [0.05, 0.1) is 0 Å². The van der Waals surface area contributed by atoms with Gasteiger partial charge in [0, 0.05) is 31.4 Å². The molecule has 0 heterocycles. The van der Waals surface area contributed by atoms with E-state index in [1.54, 1.807) is 0 Å². The second kappa shape index (κ2) is 6.24. The molecule has 0 bridgehead atoms. The van der Waals surface area contributed by atoms with Crippen LogP contribution in [0.3, 0.4) is 0 Å². The molecule has 0 amide bonds. The number of rotatable bonds is 7. The maximum absolute atomic E-state index is 3.65. The first-order chi connectivity index (χ1) is 8.70. The molecule has 1 unspecified atom stereocenters. The Balaban J connectivity index is 1.81. The van der Waals surface area contributed by atoms with Crippen molar-refractivity contribution in [1.82, 2.24) is 5.32 Å². The van der Waals surface area contributed by atoms with E-state index in [9.17, 15) is 0 Å². The van der Waals surface area contributed by atoms with Crippen LogP contribution >= 0.6 is 0 Å². The fourth-order valence-electron chi connectivity index (χ4n) is 2.48. The molecule has 0 aromatic heterocycles. The monoisotopic (exact) mass is 246 g/mol. The number of anilines is 1. The molecule has 1 atom stereocenters. The third-order valence-corrected chi connectivity index (χ3v) is 3.93. The Hall–Kier alpha value is -1.02. The molecule has 1 saturated carbocycles. The van der Waals surface area contributed by atoms with Crippen LogP contribution in [0.5, 0.6) is 0 Å². The van der Waals surface area contributed by atoms with Crippen molar-refractivity contribution in [2.45, 2.75) is 39.7 Å². The first kappa shape index (κ1) is 13.4. The molecule has 1 aliphatic rings. The van der Waals surface area contributed by atoms with Crippen LogP contribution in [-0.4, -0.2) is 25.7 Å². The molecule has 2 rings (SSSR count). The number of aryl methyl sites for hydroxylation is 1. The topological polar surface area (TPSA) is 15.3 Å². The van der Waals surface area contributed by atoms with Gasteiger partial charge < -0.3 is 10.2 Å². The summed E-state index contributed by atoms with van der Waals surface area (Å²) in [5.41, 5.74) is 2.68. The van der Waals surface area contributed by atoms with Gasteiger partial charge in [0.15, 0.2) is 0 Å². The predicted molar refractivity (Wildman–Crippen MR) is 79.3 cm³/mol. The molecule has 100 valence electrons. The standard InChI is InChI=1S/C16H26N2/c1-4-18(16-7-5-6-13(2)12-16)11-10-17-14(3)15-8-9-15/h5-7,12,14-15,17H,4,8-11H2,1-3H3. The van der Waals surface area contributed by atoms with E-state index in [0.717, 1.165) is 25.6 Å². The minimum absolute atomic E-state index is 0.696. The van der Waals surface area contributed by atoms with Gasteiger partial charge in [0.1, 0.15) is 0 Å². The number of nitrogens with zero attached hydrogens (tertiary/aromatic N) is 1. The van der Waals surface area contributed by atoms with Gasteiger partial charge in [-0.1, -0.05) is 12.1 Å². The van der Waals surface area contributed by atoms with Crippen molar-refractivity contribution in [3.63, 3.8) is 0 Å². The van der Waals surface area contributed by atoms with E-state index in [-0.39, 0.29) is 0 Å². The summed E-state index contributed by atoms with van der Waals surface area (Å²) in [7, 11) is 0. The van der Waals surface area contributed by atoms with Crippen molar-refractivity contribution < 1.29 is 0 Å². The Morgan fingerprint density at radius 1 is 1.39 bits per heavy atom. The fourth-order valence-corrected chi connectivity index (χ4v) is 2.48. The summed E-state index contributed by atoms with van der Waals surface area (Å²) in [6.07, 6.45) is 2.84. The average Bonchev–Trinajstić information content (AvgIpc) is 3.18.